The Bertz CT molecular complexity index is 1800. The van der Waals surface area contributed by atoms with Crippen molar-refractivity contribution in [1.82, 2.24) is 9.99 Å². The number of aryl methyl sites for hydroxylation is 3. The van der Waals surface area contributed by atoms with Gasteiger partial charge in [0.15, 0.2) is 5.76 Å². The second-order valence-corrected chi connectivity index (χ2v) is 11.0. The topological polar surface area (TPSA) is 121 Å². The van der Waals surface area contributed by atoms with Crippen molar-refractivity contribution in [3.63, 3.8) is 0 Å². The number of furan rings is 1. The number of carbonyl (C=O) groups excluding carboxylic acids is 1. The molecular weight excluding hydrogens is 628 g/mol. The fourth-order valence-corrected chi connectivity index (χ4v) is 5.01. The minimum atomic E-state index is -0.596. The van der Waals surface area contributed by atoms with Gasteiger partial charge in [-0.1, -0.05) is 45.8 Å². The first-order chi connectivity index (χ1) is 21.2. The maximum atomic E-state index is 12.7. The summed E-state index contributed by atoms with van der Waals surface area (Å²) in [7, 11) is 0. The van der Waals surface area contributed by atoms with Crippen LogP contribution in [0.2, 0.25) is 0 Å². The third-order valence-electron chi connectivity index (χ3n) is 6.77. The van der Waals surface area contributed by atoms with Crippen LogP contribution in [0, 0.1) is 30.9 Å². The van der Waals surface area contributed by atoms with Crippen molar-refractivity contribution >= 4 is 33.7 Å². The molecule has 5 aromatic rings. The van der Waals surface area contributed by atoms with E-state index >= 15 is 0 Å². The molecule has 0 spiro atoms. The van der Waals surface area contributed by atoms with E-state index in [4.69, 9.17) is 13.9 Å². The van der Waals surface area contributed by atoms with Crippen LogP contribution in [0.4, 0.5) is 5.69 Å². The van der Waals surface area contributed by atoms with Crippen LogP contribution in [-0.2, 0) is 13.2 Å². The summed E-state index contributed by atoms with van der Waals surface area (Å²) in [4.78, 5) is 23.9. The zero-order valence-electron chi connectivity index (χ0n) is 24.2. The molecule has 2 aromatic heterocycles. The SMILES string of the molecule is Cc1ccc(COc2c(/C=N/NC(=O)c3ccc(COc4ccc(-n5c(C)ccc5C)cc4)o3)cc(Br)cc2[N+](=O)[O-])cc1. The monoisotopic (exact) mass is 656 g/mol. The molecule has 0 aliphatic carbocycles. The number of halogens is 1. The molecule has 11 heteroatoms. The predicted octanol–water partition coefficient (Wildman–Crippen LogP) is 7.59. The third-order valence-corrected chi connectivity index (χ3v) is 7.22. The second-order valence-electron chi connectivity index (χ2n) is 10.1. The smallest absolute Gasteiger partial charge is 0.312 e. The number of nitrogens with one attached hydrogen (secondary N) is 1. The normalized spacial score (nSPS) is 11.1. The molecule has 0 aliphatic rings. The summed E-state index contributed by atoms with van der Waals surface area (Å²) >= 11 is 3.29. The summed E-state index contributed by atoms with van der Waals surface area (Å²) in [5.74, 6) is 0.578. The molecule has 224 valence electrons. The van der Waals surface area contributed by atoms with E-state index in [2.05, 4.69) is 57.0 Å². The third kappa shape index (κ3) is 7.24. The molecule has 44 heavy (non-hydrogen) atoms. The molecule has 1 amide bonds. The molecule has 0 bridgehead atoms. The maximum absolute atomic E-state index is 12.7. The van der Waals surface area contributed by atoms with Crippen molar-refractivity contribution < 1.29 is 23.6 Å². The lowest BCUT2D eigenvalue weighted by molar-refractivity contribution is -0.386. The van der Waals surface area contributed by atoms with Crippen molar-refractivity contribution in [2.75, 3.05) is 0 Å². The molecule has 0 atom stereocenters. The van der Waals surface area contributed by atoms with E-state index in [1.54, 1.807) is 12.1 Å². The van der Waals surface area contributed by atoms with Crippen LogP contribution < -0.4 is 14.9 Å². The highest BCUT2D eigenvalue weighted by molar-refractivity contribution is 9.10. The molecule has 3 aromatic carbocycles. The van der Waals surface area contributed by atoms with Gasteiger partial charge in [0, 0.05) is 33.2 Å². The lowest BCUT2D eigenvalue weighted by Gasteiger charge is -2.11. The van der Waals surface area contributed by atoms with Gasteiger partial charge in [0.25, 0.3) is 0 Å². The number of carbonyl (C=O) groups is 1. The number of benzene rings is 3. The molecule has 0 radical (unpaired) electrons. The van der Waals surface area contributed by atoms with E-state index in [0.29, 0.717) is 21.5 Å². The van der Waals surface area contributed by atoms with Crippen LogP contribution in [-0.4, -0.2) is 21.6 Å². The van der Waals surface area contributed by atoms with Crippen LogP contribution in [0.15, 0.2) is 98.9 Å². The van der Waals surface area contributed by atoms with Gasteiger partial charge >= 0.3 is 11.6 Å². The Morgan fingerprint density at radius 2 is 1.66 bits per heavy atom. The van der Waals surface area contributed by atoms with E-state index in [1.807, 2.05) is 55.5 Å². The largest absolute Gasteiger partial charge is 0.486 e. The van der Waals surface area contributed by atoms with Gasteiger partial charge in [-0.3, -0.25) is 14.9 Å². The Morgan fingerprint density at radius 3 is 2.34 bits per heavy atom. The number of hydrogen-bond donors (Lipinski definition) is 1. The average molecular weight is 658 g/mol. The Balaban J connectivity index is 1.21. The standard InChI is InChI=1S/C33H29BrN4O6/c1-21-4-8-24(9-5-21)19-43-32-25(16-26(34)17-30(32)38(40)41)18-35-36-33(39)31-15-14-29(44-31)20-42-28-12-10-27(11-13-28)37-22(2)6-7-23(37)3/h4-18H,19-20H2,1-3H3,(H,36,39)/b35-18+. The minimum absolute atomic E-state index is 0.0286. The van der Waals surface area contributed by atoms with Crippen LogP contribution in [0.25, 0.3) is 5.69 Å². The van der Waals surface area contributed by atoms with Crippen molar-refractivity contribution in [1.29, 1.82) is 0 Å². The molecule has 0 aliphatic heterocycles. The second kappa shape index (κ2) is 13.4. The maximum Gasteiger partial charge on any atom is 0.312 e. The summed E-state index contributed by atoms with van der Waals surface area (Å²) in [6, 6.07) is 25.6. The molecule has 1 N–H and O–H groups in total. The highest BCUT2D eigenvalue weighted by atomic mass is 79.9. The van der Waals surface area contributed by atoms with Gasteiger partial charge in [-0.2, -0.15) is 5.10 Å². The number of hydrazone groups is 1. The number of nitro benzene ring substituents is 1. The molecule has 2 heterocycles. The summed E-state index contributed by atoms with van der Waals surface area (Å²) in [5, 5.41) is 15.7. The van der Waals surface area contributed by atoms with Crippen molar-refractivity contribution in [3.05, 3.63) is 139 Å². The van der Waals surface area contributed by atoms with Crippen molar-refractivity contribution in [3.8, 4) is 17.2 Å². The van der Waals surface area contributed by atoms with Crippen LogP contribution in [0.1, 0.15) is 44.4 Å². The summed E-state index contributed by atoms with van der Waals surface area (Å²) in [6.07, 6.45) is 1.29. The quantitative estimate of drug-likeness (QED) is 0.0888. The lowest BCUT2D eigenvalue weighted by Crippen LogP contribution is -2.17. The zero-order chi connectivity index (χ0) is 31.2. The summed E-state index contributed by atoms with van der Waals surface area (Å²) < 4.78 is 19.9. The summed E-state index contributed by atoms with van der Waals surface area (Å²) in [6.45, 7) is 6.32. The lowest BCUT2D eigenvalue weighted by atomic mass is 10.1. The van der Waals surface area contributed by atoms with E-state index in [1.165, 1.54) is 18.3 Å². The Morgan fingerprint density at radius 1 is 0.955 bits per heavy atom. The highest BCUT2D eigenvalue weighted by Gasteiger charge is 2.21. The number of rotatable bonds is 11. The van der Waals surface area contributed by atoms with E-state index in [-0.39, 0.29) is 30.4 Å². The van der Waals surface area contributed by atoms with Crippen LogP contribution in [0.3, 0.4) is 0 Å². The van der Waals surface area contributed by atoms with Crippen molar-refractivity contribution in [2.24, 2.45) is 5.10 Å². The van der Waals surface area contributed by atoms with Crippen molar-refractivity contribution in [2.45, 2.75) is 34.0 Å². The first kappa shape index (κ1) is 30.3. The first-order valence-corrected chi connectivity index (χ1v) is 14.4. The number of amides is 1. The van der Waals surface area contributed by atoms with Gasteiger partial charge in [-0.15, -0.1) is 0 Å². The number of aromatic nitrogens is 1. The van der Waals surface area contributed by atoms with Crippen LogP contribution >= 0.6 is 15.9 Å². The molecule has 10 nitrogen and oxygen atoms in total. The predicted molar refractivity (Wildman–Crippen MR) is 170 cm³/mol. The Hall–Kier alpha value is -5.16. The van der Waals surface area contributed by atoms with E-state index in [0.717, 1.165) is 28.2 Å². The highest BCUT2D eigenvalue weighted by Crippen LogP contribution is 2.34. The average Bonchev–Trinajstić information content (AvgIpc) is 3.62. The summed E-state index contributed by atoms with van der Waals surface area (Å²) in [5.41, 5.74) is 7.73. The van der Waals surface area contributed by atoms with Gasteiger partial charge < -0.3 is 18.5 Å². The fourth-order valence-electron chi connectivity index (χ4n) is 4.54. The van der Waals surface area contributed by atoms with Gasteiger partial charge in [-0.05, 0) is 80.9 Å². The van der Waals surface area contributed by atoms with Crippen LogP contribution in [0.5, 0.6) is 11.5 Å². The fraction of sp³-hybridized carbons (Fsp3) is 0.152. The van der Waals surface area contributed by atoms with Gasteiger partial charge in [-0.25, -0.2) is 5.43 Å². The number of nitro groups is 1. The first-order valence-electron chi connectivity index (χ1n) is 13.6. The minimum Gasteiger partial charge on any atom is -0.486 e. The van der Waals surface area contributed by atoms with Gasteiger partial charge in [0.2, 0.25) is 5.75 Å². The molecule has 0 unspecified atom stereocenters. The Labute approximate surface area is 262 Å². The molecule has 0 saturated heterocycles. The number of nitrogens with zero attached hydrogens (tertiary/aromatic N) is 3. The molecule has 5 rings (SSSR count). The number of ether oxygens (including phenoxy) is 2. The molecular formula is C33H29BrN4O6. The van der Waals surface area contributed by atoms with Gasteiger partial charge in [0.1, 0.15) is 24.7 Å². The van der Waals surface area contributed by atoms with Gasteiger partial charge in [0.05, 0.1) is 11.1 Å². The Kier molecular flexibility index (Phi) is 9.25. The molecule has 0 fully saturated rings. The molecule has 0 saturated carbocycles. The van der Waals surface area contributed by atoms with E-state index < -0.39 is 10.8 Å². The number of hydrogen-bond acceptors (Lipinski definition) is 7. The zero-order valence-corrected chi connectivity index (χ0v) is 25.8. The van der Waals surface area contributed by atoms with E-state index in [9.17, 15) is 14.9 Å².